The van der Waals surface area contributed by atoms with Gasteiger partial charge in [0, 0.05) is 31.8 Å². The Kier molecular flexibility index (Phi) is 8.53. The zero-order valence-corrected chi connectivity index (χ0v) is 21.0. The highest BCUT2D eigenvalue weighted by molar-refractivity contribution is 7.75. The van der Waals surface area contributed by atoms with E-state index in [0.29, 0.717) is 62.2 Å². The first kappa shape index (κ1) is 25.3. The lowest BCUT2D eigenvalue weighted by Gasteiger charge is -2.31. The van der Waals surface area contributed by atoms with Crippen molar-refractivity contribution in [2.45, 2.75) is 52.2 Å². The van der Waals surface area contributed by atoms with Gasteiger partial charge in [0.2, 0.25) is 11.8 Å². The quantitative estimate of drug-likeness (QED) is 0.556. The molecule has 1 aromatic heterocycles. The van der Waals surface area contributed by atoms with Crippen molar-refractivity contribution >= 4 is 17.5 Å². The van der Waals surface area contributed by atoms with E-state index in [1.54, 1.807) is 4.90 Å². The van der Waals surface area contributed by atoms with E-state index in [1.807, 2.05) is 45.0 Å². The van der Waals surface area contributed by atoms with Crippen molar-refractivity contribution in [2.24, 2.45) is 5.92 Å². The lowest BCUT2D eigenvalue weighted by molar-refractivity contribution is 0.0505. The smallest absolute Gasteiger partial charge is 0.410 e. The van der Waals surface area contributed by atoms with E-state index >= 15 is 0 Å². The molecule has 3 heterocycles. The molecule has 0 unspecified atom stereocenters. The molecule has 0 saturated carbocycles. The van der Waals surface area contributed by atoms with Gasteiger partial charge in [0.05, 0.1) is 24.9 Å². The van der Waals surface area contributed by atoms with Crippen molar-refractivity contribution in [3.05, 3.63) is 41.7 Å². The van der Waals surface area contributed by atoms with Gasteiger partial charge in [-0.05, 0) is 44.9 Å². The van der Waals surface area contributed by atoms with Gasteiger partial charge in [-0.25, -0.2) is 14.8 Å². The van der Waals surface area contributed by atoms with Crippen LogP contribution in [0.25, 0.3) is 0 Å². The Bertz CT molecular complexity index is 1020. The third-order valence-electron chi connectivity index (χ3n) is 5.77. The number of hydrogen-bond acceptors (Lipinski definition) is 9. The van der Waals surface area contributed by atoms with Crippen LogP contribution in [0.4, 0.5) is 4.79 Å². The van der Waals surface area contributed by atoms with Gasteiger partial charge in [-0.2, -0.15) is 4.21 Å². The standard InChI is InChI=1S/C24H31N3O7S/c1-16(2)32-24(28)27-10-8-21(9-11-27)34-23-17(3)22(25-15-26-23)33-20-6-4-18(5-7-20)12-19-13-30-35(29)31-14-19/h4-7,15-16,19,21H,8-14H2,1-3H3/t19-,35-. The fourth-order valence-corrected chi connectivity index (χ4v) is 4.55. The predicted molar refractivity (Wildman–Crippen MR) is 127 cm³/mol. The number of carbonyl (C=O) groups excluding carboxylic acids is 1. The van der Waals surface area contributed by atoms with Crippen molar-refractivity contribution < 1.29 is 31.6 Å². The summed E-state index contributed by atoms with van der Waals surface area (Å²) in [5.41, 5.74) is 1.82. The number of ether oxygens (including phenoxy) is 3. The molecule has 11 heteroatoms. The average molecular weight is 506 g/mol. The molecule has 35 heavy (non-hydrogen) atoms. The monoisotopic (exact) mass is 505 g/mol. The Morgan fingerprint density at radius 3 is 2.43 bits per heavy atom. The van der Waals surface area contributed by atoms with Gasteiger partial charge in [-0.1, -0.05) is 12.1 Å². The molecule has 0 aliphatic carbocycles. The predicted octanol–water partition coefficient (Wildman–Crippen LogP) is 3.75. The molecule has 2 aliphatic heterocycles. The number of carbonyl (C=O) groups is 1. The minimum absolute atomic E-state index is 0.0518. The van der Waals surface area contributed by atoms with E-state index in [4.69, 9.17) is 22.6 Å². The van der Waals surface area contributed by atoms with E-state index in [1.165, 1.54) is 6.33 Å². The van der Waals surface area contributed by atoms with E-state index < -0.39 is 11.4 Å². The maximum atomic E-state index is 12.1. The highest BCUT2D eigenvalue weighted by Gasteiger charge is 2.26. The van der Waals surface area contributed by atoms with Crippen LogP contribution in [-0.4, -0.2) is 63.7 Å². The average Bonchev–Trinajstić information content (AvgIpc) is 2.84. The van der Waals surface area contributed by atoms with Gasteiger partial charge in [0.15, 0.2) is 0 Å². The second kappa shape index (κ2) is 11.8. The molecule has 4 rings (SSSR count). The number of rotatable bonds is 7. The fraction of sp³-hybridized carbons (Fsp3) is 0.542. The molecule has 0 N–H and O–H groups in total. The number of likely N-dealkylation sites (tertiary alicyclic amines) is 1. The van der Waals surface area contributed by atoms with Crippen LogP contribution in [0.15, 0.2) is 30.6 Å². The molecule has 2 saturated heterocycles. The Hall–Kier alpha value is -2.76. The molecular formula is C24H31N3O7S. The Morgan fingerprint density at radius 2 is 1.77 bits per heavy atom. The molecule has 1 amide bonds. The molecule has 2 aromatic rings. The summed E-state index contributed by atoms with van der Waals surface area (Å²) in [4.78, 5) is 22.3. The maximum Gasteiger partial charge on any atom is 0.410 e. The summed E-state index contributed by atoms with van der Waals surface area (Å²) >= 11 is -1.62. The molecule has 2 aliphatic rings. The number of hydrogen-bond donors (Lipinski definition) is 0. The maximum absolute atomic E-state index is 12.1. The van der Waals surface area contributed by atoms with Crippen LogP contribution in [0.2, 0.25) is 0 Å². The summed E-state index contributed by atoms with van der Waals surface area (Å²) < 4.78 is 38.6. The van der Waals surface area contributed by atoms with Crippen molar-refractivity contribution in [2.75, 3.05) is 26.3 Å². The first-order chi connectivity index (χ1) is 16.9. The summed E-state index contributed by atoms with van der Waals surface area (Å²) in [5.74, 6) is 1.72. The van der Waals surface area contributed by atoms with Gasteiger partial charge >= 0.3 is 17.5 Å². The fourth-order valence-electron chi connectivity index (χ4n) is 3.87. The lowest BCUT2D eigenvalue weighted by Crippen LogP contribution is -2.42. The van der Waals surface area contributed by atoms with Crippen molar-refractivity contribution in [1.82, 2.24) is 14.9 Å². The van der Waals surface area contributed by atoms with Gasteiger partial charge in [-0.3, -0.25) is 8.37 Å². The summed E-state index contributed by atoms with van der Waals surface area (Å²) in [5, 5.41) is 0. The van der Waals surface area contributed by atoms with E-state index in [2.05, 4.69) is 9.97 Å². The molecule has 2 fully saturated rings. The van der Waals surface area contributed by atoms with Gasteiger partial charge in [0.25, 0.3) is 0 Å². The van der Waals surface area contributed by atoms with E-state index in [9.17, 15) is 9.00 Å². The molecule has 190 valence electrons. The van der Waals surface area contributed by atoms with Crippen LogP contribution in [0, 0.1) is 12.8 Å². The molecular weight excluding hydrogens is 474 g/mol. The number of aromatic nitrogens is 2. The zero-order chi connectivity index (χ0) is 24.8. The van der Waals surface area contributed by atoms with Crippen LogP contribution in [0.3, 0.4) is 0 Å². The normalized spacial score (nSPS) is 21.1. The summed E-state index contributed by atoms with van der Waals surface area (Å²) in [6.45, 7) is 7.52. The molecule has 0 radical (unpaired) electrons. The molecule has 0 atom stereocenters. The van der Waals surface area contributed by atoms with Gasteiger partial charge in [0.1, 0.15) is 18.2 Å². The highest BCUT2D eigenvalue weighted by atomic mass is 32.2. The van der Waals surface area contributed by atoms with Crippen LogP contribution in [0.5, 0.6) is 17.5 Å². The Morgan fingerprint density at radius 1 is 1.11 bits per heavy atom. The number of piperidine rings is 1. The Labute approximate surface area is 207 Å². The molecule has 0 spiro atoms. The Balaban J connectivity index is 1.30. The van der Waals surface area contributed by atoms with Gasteiger partial charge < -0.3 is 19.1 Å². The van der Waals surface area contributed by atoms with Crippen molar-refractivity contribution in [3.63, 3.8) is 0 Å². The summed E-state index contributed by atoms with van der Waals surface area (Å²) in [7, 11) is 0. The van der Waals surface area contributed by atoms with E-state index in [-0.39, 0.29) is 24.2 Å². The van der Waals surface area contributed by atoms with Crippen LogP contribution in [0.1, 0.15) is 37.8 Å². The SMILES string of the molecule is Cc1c(Oc2ccc(C[C@H]3CO[S@](=O)OC3)cc2)ncnc1OC1CCN(C(=O)OC(C)C)CC1. The lowest BCUT2D eigenvalue weighted by atomic mass is 10.0. The molecule has 0 bridgehead atoms. The molecule has 1 aromatic carbocycles. The first-order valence-electron chi connectivity index (χ1n) is 11.8. The number of benzene rings is 1. The second-order valence-corrected chi connectivity index (χ2v) is 9.81. The van der Waals surface area contributed by atoms with Crippen LogP contribution in [-0.2, 0) is 30.9 Å². The second-order valence-electron chi connectivity index (χ2n) is 8.94. The number of nitrogens with zero attached hydrogens (tertiary/aromatic N) is 3. The summed E-state index contributed by atoms with van der Waals surface area (Å²) in [6.07, 6.45) is 3.11. The highest BCUT2D eigenvalue weighted by Crippen LogP contribution is 2.29. The largest absolute Gasteiger partial charge is 0.474 e. The minimum atomic E-state index is -1.62. The van der Waals surface area contributed by atoms with Crippen molar-refractivity contribution in [1.29, 1.82) is 0 Å². The van der Waals surface area contributed by atoms with E-state index in [0.717, 1.165) is 12.0 Å². The third kappa shape index (κ3) is 7.12. The summed E-state index contributed by atoms with van der Waals surface area (Å²) in [6, 6.07) is 7.72. The zero-order valence-electron chi connectivity index (χ0n) is 20.2. The van der Waals surface area contributed by atoms with Gasteiger partial charge in [-0.15, -0.1) is 0 Å². The third-order valence-corrected chi connectivity index (χ3v) is 6.43. The van der Waals surface area contributed by atoms with Crippen molar-refractivity contribution in [3.8, 4) is 17.5 Å². The topological polar surface area (TPSA) is 109 Å². The first-order valence-corrected chi connectivity index (χ1v) is 12.8. The van der Waals surface area contributed by atoms with Crippen LogP contribution >= 0.6 is 0 Å². The van der Waals surface area contributed by atoms with Crippen LogP contribution < -0.4 is 9.47 Å². The molecule has 10 nitrogen and oxygen atoms in total. The minimum Gasteiger partial charge on any atom is -0.474 e. The number of amides is 1.